The fourth-order valence-corrected chi connectivity index (χ4v) is 4.35. The van der Waals surface area contributed by atoms with Gasteiger partial charge in [-0.15, -0.1) is 0 Å². The molecule has 1 aliphatic heterocycles. The van der Waals surface area contributed by atoms with Crippen LogP contribution < -0.4 is 10.6 Å². The van der Waals surface area contributed by atoms with E-state index in [2.05, 4.69) is 22.5 Å². The van der Waals surface area contributed by atoms with Gasteiger partial charge in [0.1, 0.15) is 5.82 Å². The van der Waals surface area contributed by atoms with Gasteiger partial charge in [0.25, 0.3) is 5.91 Å². The number of carbonyl (C=O) groups excluding carboxylic acids is 1. The molecule has 0 saturated heterocycles. The van der Waals surface area contributed by atoms with Crippen LogP contribution in [0.3, 0.4) is 0 Å². The molecule has 0 atom stereocenters. The standard InChI is InChI=1S/C29H25ClFN5O/c1-2-3-14-32-28(37)18-8-11-21(12-9-18)35-29-34-17-19-16-33-27(23-6-4-5-7-25(23)31)24-15-20(30)10-13-22(24)26(19)36-29/h4-13,15,17H,2-3,14,16H2,1H3,(H,32,37)(H,34,35,36). The summed E-state index contributed by atoms with van der Waals surface area (Å²) < 4.78 is 14.7. The number of rotatable bonds is 7. The summed E-state index contributed by atoms with van der Waals surface area (Å²) in [7, 11) is 0. The van der Waals surface area contributed by atoms with E-state index in [0.29, 0.717) is 52.2 Å². The zero-order valence-corrected chi connectivity index (χ0v) is 21.0. The lowest BCUT2D eigenvalue weighted by Crippen LogP contribution is -2.24. The van der Waals surface area contributed by atoms with E-state index >= 15 is 0 Å². The maximum absolute atomic E-state index is 14.7. The Bertz CT molecular complexity index is 1490. The molecule has 0 fully saturated rings. The Morgan fingerprint density at radius 3 is 2.62 bits per heavy atom. The summed E-state index contributed by atoms with van der Waals surface area (Å²) in [5.41, 5.74) is 5.29. The quantitative estimate of drug-likeness (QED) is 0.274. The van der Waals surface area contributed by atoms with Crippen LogP contribution >= 0.6 is 11.6 Å². The minimum Gasteiger partial charge on any atom is -0.352 e. The van der Waals surface area contributed by atoms with E-state index < -0.39 is 0 Å². The molecule has 0 radical (unpaired) electrons. The molecule has 5 rings (SSSR count). The van der Waals surface area contributed by atoms with Crippen molar-refractivity contribution in [3.05, 3.63) is 106 Å². The van der Waals surface area contributed by atoms with E-state index in [9.17, 15) is 9.18 Å². The van der Waals surface area contributed by atoms with Crippen LogP contribution in [-0.4, -0.2) is 28.1 Å². The van der Waals surface area contributed by atoms with Crippen LogP contribution in [-0.2, 0) is 6.54 Å². The predicted molar refractivity (Wildman–Crippen MR) is 145 cm³/mol. The van der Waals surface area contributed by atoms with E-state index in [4.69, 9.17) is 21.6 Å². The number of nitrogens with one attached hydrogen (secondary N) is 2. The molecule has 1 amide bonds. The molecule has 2 heterocycles. The van der Waals surface area contributed by atoms with Crippen molar-refractivity contribution in [2.24, 2.45) is 4.99 Å². The van der Waals surface area contributed by atoms with Gasteiger partial charge in [-0.3, -0.25) is 9.79 Å². The molecule has 0 bridgehead atoms. The Morgan fingerprint density at radius 2 is 1.84 bits per heavy atom. The number of amides is 1. The number of carbonyl (C=O) groups is 1. The number of nitrogens with zero attached hydrogens (tertiary/aromatic N) is 3. The second kappa shape index (κ2) is 10.9. The van der Waals surface area contributed by atoms with Crippen LogP contribution in [0.25, 0.3) is 11.3 Å². The monoisotopic (exact) mass is 513 g/mol. The largest absolute Gasteiger partial charge is 0.352 e. The van der Waals surface area contributed by atoms with Crippen LogP contribution in [0.1, 0.15) is 46.8 Å². The Kier molecular flexibility index (Phi) is 7.23. The van der Waals surface area contributed by atoms with E-state index in [-0.39, 0.29) is 11.7 Å². The third-order valence-corrected chi connectivity index (χ3v) is 6.35. The highest BCUT2D eigenvalue weighted by atomic mass is 35.5. The molecular weight excluding hydrogens is 489 g/mol. The molecule has 1 aromatic heterocycles. The average molecular weight is 514 g/mol. The summed E-state index contributed by atoms with van der Waals surface area (Å²) in [5, 5.41) is 6.65. The lowest BCUT2D eigenvalue weighted by Gasteiger charge is -2.13. The van der Waals surface area contributed by atoms with Gasteiger partial charge in [0.15, 0.2) is 0 Å². The van der Waals surface area contributed by atoms with Gasteiger partial charge >= 0.3 is 0 Å². The van der Waals surface area contributed by atoms with Gasteiger partial charge < -0.3 is 10.6 Å². The summed E-state index contributed by atoms with van der Waals surface area (Å²) in [6.45, 7) is 3.04. The first kappa shape index (κ1) is 24.6. The van der Waals surface area contributed by atoms with Crippen molar-refractivity contribution in [1.29, 1.82) is 0 Å². The molecule has 0 spiro atoms. The predicted octanol–water partition coefficient (Wildman–Crippen LogP) is 6.56. The summed E-state index contributed by atoms with van der Waals surface area (Å²) in [6.07, 6.45) is 3.70. The number of aromatic nitrogens is 2. The van der Waals surface area contributed by atoms with Gasteiger partial charge in [-0.1, -0.05) is 43.1 Å². The topological polar surface area (TPSA) is 79.3 Å². The van der Waals surface area contributed by atoms with E-state index in [1.54, 1.807) is 48.7 Å². The summed E-state index contributed by atoms with van der Waals surface area (Å²) in [6, 6.07) is 19.2. The lowest BCUT2D eigenvalue weighted by molar-refractivity contribution is 0.0953. The number of hydrogen-bond acceptors (Lipinski definition) is 5. The van der Waals surface area contributed by atoms with Gasteiger partial charge in [0, 0.05) is 51.3 Å². The molecule has 2 N–H and O–H groups in total. The smallest absolute Gasteiger partial charge is 0.251 e. The molecule has 0 aliphatic carbocycles. The number of unbranched alkanes of at least 4 members (excludes halogenated alkanes) is 1. The molecule has 37 heavy (non-hydrogen) atoms. The third kappa shape index (κ3) is 5.37. The number of halogens is 2. The normalized spacial score (nSPS) is 12.1. The second-order valence-corrected chi connectivity index (χ2v) is 9.15. The first-order chi connectivity index (χ1) is 18.0. The van der Waals surface area contributed by atoms with Crippen LogP contribution in [0, 0.1) is 5.82 Å². The molecule has 186 valence electrons. The molecule has 1 aliphatic rings. The second-order valence-electron chi connectivity index (χ2n) is 8.71. The Morgan fingerprint density at radius 1 is 1.03 bits per heavy atom. The molecule has 8 heteroatoms. The van der Waals surface area contributed by atoms with E-state index in [1.807, 2.05) is 18.2 Å². The van der Waals surface area contributed by atoms with Crippen LogP contribution in [0.5, 0.6) is 0 Å². The maximum atomic E-state index is 14.7. The van der Waals surface area contributed by atoms with Crippen molar-refractivity contribution in [3.8, 4) is 11.3 Å². The summed E-state index contributed by atoms with van der Waals surface area (Å²) in [4.78, 5) is 26.3. The van der Waals surface area contributed by atoms with Gasteiger partial charge in [-0.2, -0.15) is 0 Å². The van der Waals surface area contributed by atoms with Crippen LogP contribution in [0.2, 0.25) is 5.02 Å². The Labute approximate surface area is 219 Å². The highest BCUT2D eigenvalue weighted by Crippen LogP contribution is 2.34. The molecule has 4 aromatic rings. The zero-order chi connectivity index (χ0) is 25.8. The average Bonchev–Trinajstić information content (AvgIpc) is 3.06. The van der Waals surface area contributed by atoms with Crippen molar-refractivity contribution < 1.29 is 9.18 Å². The van der Waals surface area contributed by atoms with E-state index in [1.165, 1.54) is 6.07 Å². The molecule has 6 nitrogen and oxygen atoms in total. The highest BCUT2D eigenvalue weighted by molar-refractivity contribution is 6.31. The molecule has 0 saturated carbocycles. The third-order valence-electron chi connectivity index (χ3n) is 6.11. The number of benzene rings is 3. The zero-order valence-electron chi connectivity index (χ0n) is 20.3. The SMILES string of the molecule is CCCCNC(=O)c1ccc(Nc2ncc3c(n2)-c2ccc(Cl)cc2C(c2ccccc2F)=NC3)cc1. The highest BCUT2D eigenvalue weighted by Gasteiger charge is 2.23. The molecular formula is C29H25ClFN5O. The minimum absolute atomic E-state index is 0.0952. The van der Waals surface area contributed by atoms with Gasteiger partial charge in [0.2, 0.25) is 5.95 Å². The number of anilines is 2. The van der Waals surface area contributed by atoms with Crippen molar-refractivity contribution in [2.45, 2.75) is 26.3 Å². The first-order valence-electron chi connectivity index (χ1n) is 12.1. The van der Waals surface area contributed by atoms with Gasteiger partial charge in [-0.25, -0.2) is 14.4 Å². The summed E-state index contributed by atoms with van der Waals surface area (Å²) in [5.74, 6) is -0.0505. The fraction of sp³-hybridized carbons (Fsp3) is 0.172. The fourth-order valence-electron chi connectivity index (χ4n) is 4.18. The number of fused-ring (bicyclic) bond motifs is 3. The minimum atomic E-state index is -0.353. The number of hydrogen-bond donors (Lipinski definition) is 2. The number of aliphatic imine (C=N–C) groups is 1. The molecule has 0 unspecified atom stereocenters. The van der Waals surface area contributed by atoms with Crippen molar-refractivity contribution in [3.63, 3.8) is 0 Å². The Balaban J connectivity index is 1.44. The lowest BCUT2D eigenvalue weighted by atomic mass is 9.95. The van der Waals surface area contributed by atoms with Crippen molar-refractivity contribution in [1.82, 2.24) is 15.3 Å². The van der Waals surface area contributed by atoms with E-state index in [0.717, 1.165) is 29.7 Å². The van der Waals surface area contributed by atoms with Crippen molar-refractivity contribution >= 4 is 34.9 Å². The first-order valence-corrected chi connectivity index (χ1v) is 12.5. The maximum Gasteiger partial charge on any atom is 0.251 e. The Hall–Kier alpha value is -4.10. The van der Waals surface area contributed by atoms with Crippen LogP contribution in [0.15, 0.2) is 77.9 Å². The molecule has 3 aromatic carbocycles. The van der Waals surface area contributed by atoms with Gasteiger partial charge in [0.05, 0.1) is 18.0 Å². The van der Waals surface area contributed by atoms with Crippen molar-refractivity contribution in [2.75, 3.05) is 11.9 Å². The van der Waals surface area contributed by atoms with Gasteiger partial charge in [-0.05, 0) is 55.0 Å². The van der Waals surface area contributed by atoms with Crippen LogP contribution in [0.4, 0.5) is 16.0 Å². The summed E-state index contributed by atoms with van der Waals surface area (Å²) >= 11 is 6.34.